The molecule has 21 heavy (non-hydrogen) atoms. The third kappa shape index (κ3) is 8.49. The Kier molecular flexibility index (Phi) is 10.6. The van der Waals surface area contributed by atoms with Gasteiger partial charge in [-0.25, -0.2) is 0 Å². The Labute approximate surface area is 131 Å². The van der Waals surface area contributed by atoms with Crippen molar-refractivity contribution in [2.45, 2.75) is 73.6 Å². The van der Waals surface area contributed by atoms with Gasteiger partial charge >= 0.3 is 0 Å². The van der Waals surface area contributed by atoms with Crippen LogP contribution >= 0.6 is 0 Å². The molecule has 0 fully saturated rings. The number of carbonyl (C=O) groups excluding carboxylic acids is 1. The van der Waals surface area contributed by atoms with Crippen LogP contribution in [0.5, 0.6) is 0 Å². The Bertz CT molecular complexity index is 435. The van der Waals surface area contributed by atoms with Gasteiger partial charge in [0, 0.05) is 6.42 Å². The molecule has 0 aliphatic rings. The zero-order chi connectivity index (χ0) is 16.3. The number of unbranched alkanes of at least 4 members (excludes halogenated alkanes) is 1. The molecule has 1 nitrogen and oxygen atoms in total. The lowest BCUT2D eigenvalue weighted by Crippen LogP contribution is -1.98. The predicted molar refractivity (Wildman–Crippen MR) is 93.9 cm³/mol. The van der Waals surface area contributed by atoms with Gasteiger partial charge in [0.05, 0.1) is 0 Å². The summed E-state index contributed by atoms with van der Waals surface area (Å²) in [6.45, 7) is 12.4. The molecule has 0 N–H and O–H groups in total. The van der Waals surface area contributed by atoms with E-state index < -0.39 is 0 Å². The number of aryl methyl sites for hydroxylation is 2. The highest BCUT2D eigenvalue weighted by molar-refractivity contribution is 5.90. The second kappa shape index (κ2) is 11.3. The highest BCUT2D eigenvalue weighted by atomic mass is 16.1. The monoisotopic (exact) mass is 288 g/mol. The Morgan fingerprint density at radius 2 is 1.62 bits per heavy atom. The highest BCUT2D eigenvalue weighted by Crippen LogP contribution is 2.17. The second-order valence-corrected chi connectivity index (χ2v) is 5.40. The largest absolute Gasteiger partial charge is 0.295 e. The first-order chi connectivity index (χ1) is 10.0. The van der Waals surface area contributed by atoms with Gasteiger partial charge < -0.3 is 0 Å². The van der Waals surface area contributed by atoms with Crippen LogP contribution in [0.15, 0.2) is 29.8 Å². The van der Waals surface area contributed by atoms with Crippen molar-refractivity contribution in [3.05, 3.63) is 46.5 Å². The summed E-state index contributed by atoms with van der Waals surface area (Å²) in [7, 11) is 0. The van der Waals surface area contributed by atoms with Crippen molar-refractivity contribution in [1.82, 2.24) is 0 Å². The minimum atomic E-state index is 0.246. The molecule has 118 valence electrons. The number of benzene rings is 1. The first kappa shape index (κ1) is 19.6. The van der Waals surface area contributed by atoms with Crippen molar-refractivity contribution >= 4 is 5.78 Å². The third-order valence-electron chi connectivity index (χ3n) is 3.28. The molecule has 0 aliphatic carbocycles. The minimum Gasteiger partial charge on any atom is -0.295 e. The summed E-state index contributed by atoms with van der Waals surface area (Å²) in [5.74, 6) is 0.246. The number of carbonyl (C=O) groups is 1. The maximum absolute atomic E-state index is 11.6. The Morgan fingerprint density at radius 3 is 2.10 bits per heavy atom. The summed E-state index contributed by atoms with van der Waals surface area (Å²) < 4.78 is 0. The molecule has 0 amide bonds. The average molecular weight is 288 g/mol. The maximum atomic E-state index is 11.6. The molecule has 0 aromatic heterocycles. The van der Waals surface area contributed by atoms with E-state index in [-0.39, 0.29) is 5.78 Å². The van der Waals surface area contributed by atoms with Crippen LogP contribution < -0.4 is 0 Å². The van der Waals surface area contributed by atoms with Crippen molar-refractivity contribution in [3.8, 4) is 0 Å². The molecular formula is C20H32O. The van der Waals surface area contributed by atoms with Crippen molar-refractivity contribution < 1.29 is 4.79 Å². The fourth-order valence-electron chi connectivity index (χ4n) is 2.38. The van der Waals surface area contributed by atoms with E-state index in [9.17, 15) is 4.79 Å². The van der Waals surface area contributed by atoms with Crippen molar-refractivity contribution in [2.24, 2.45) is 0 Å². The quantitative estimate of drug-likeness (QED) is 0.565. The van der Waals surface area contributed by atoms with Gasteiger partial charge in [-0.1, -0.05) is 69.0 Å². The van der Waals surface area contributed by atoms with Crippen LogP contribution in [-0.2, 0) is 11.2 Å². The van der Waals surface area contributed by atoms with Crippen LogP contribution in [0.1, 0.15) is 70.1 Å². The first-order valence-electron chi connectivity index (χ1n) is 8.34. The van der Waals surface area contributed by atoms with Crippen molar-refractivity contribution in [3.63, 3.8) is 0 Å². The Hall–Kier alpha value is -1.37. The molecule has 0 spiro atoms. The first-order valence-corrected chi connectivity index (χ1v) is 8.34. The molecule has 0 heterocycles. The standard InChI is InChI=1S/C18H26O.C2H6/c1-5-7-8-16(13-18(19)6-2)12-17-10-14(3)9-15(4)11-17;1-2/h9-11,13H,5-8,12H2,1-4H3;1-2H3/b16-13+;. The average Bonchev–Trinajstić information content (AvgIpc) is 2.45. The Morgan fingerprint density at radius 1 is 1.05 bits per heavy atom. The van der Waals surface area contributed by atoms with Gasteiger partial charge in [-0.2, -0.15) is 0 Å². The van der Waals surface area contributed by atoms with Gasteiger partial charge in [-0.3, -0.25) is 4.79 Å². The third-order valence-corrected chi connectivity index (χ3v) is 3.28. The summed E-state index contributed by atoms with van der Waals surface area (Å²) in [6, 6.07) is 6.64. The van der Waals surface area contributed by atoms with Crippen LogP contribution in [0, 0.1) is 13.8 Å². The van der Waals surface area contributed by atoms with E-state index in [1.807, 2.05) is 26.8 Å². The molecule has 1 aromatic carbocycles. The minimum absolute atomic E-state index is 0.246. The maximum Gasteiger partial charge on any atom is 0.155 e. The molecule has 0 bridgehead atoms. The van der Waals surface area contributed by atoms with Gasteiger partial charge in [0.2, 0.25) is 0 Å². The van der Waals surface area contributed by atoms with Crippen LogP contribution in [0.3, 0.4) is 0 Å². The van der Waals surface area contributed by atoms with E-state index >= 15 is 0 Å². The van der Waals surface area contributed by atoms with Gasteiger partial charge in [0.15, 0.2) is 5.78 Å². The molecule has 0 saturated heterocycles. The highest BCUT2D eigenvalue weighted by Gasteiger charge is 2.04. The van der Waals surface area contributed by atoms with E-state index in [2.05, 4.69) is 39.0 Å². The molecule has 1 heteroatoms. The number of ketones is 1. The summed E-state index contributed by atoms with van der Waals surface area (Å²) in [6.07, 6.45) is 6.75. The molecule has 0 radical (unpaired) electrons. The fraction of sp³-hybridized carbons (Fsp3) is 0.550. The van der Waals surface area contributed by atoms with Gasteiger partial charge in [0.25, 0.3) is 0 Å². The molecule has 0 atom stereocenters. The van der Waals surface area contributed by atoms with Gasteiger partial charge in [-0.15, -0.1) is 0 Å². The smallest absolute Gasteiger partial charge is 0.155 e. The summed E-state index contributed by atoms with van der Waals surface area (Å²) in [5, 5.41) is 0. The SMILES string of the molecule is CC.CCCC/C(=C\C(=O)CC)Cc1cc(C)cc(C)c1. The lowest BCUT2D eigenvalue weighted by Gasteiger charge is -2.09. The van der Waals surface area contributed by atoms with Crippen LogP contribution in [0.2, 0.25) is 0 Å². The molecule has 0 unspecified atom stereocenters. The number of allylic oxidation sites excluding steroid dienone is 2. The zero-order valence-electron chi connectivity index (χ0n) is 14.8. The molecule has 0 aliphatic heterocycles. The molecular weight excluding hydrogens is 256 g/mol. The number of hydrogen-bond donors (Lipinski definition) is 0. The summed E-state index contributed by atoms with van der Waals surface area (Å²) >= 11 is 0. The number of rotatable bonds is 7. The van der Waals surface area contributed by atoms with Crippen LogP contribution in [0.4, 0.5) is 0 Å². The van der Waals surface area contributed by atoms with Crippen LogP contribution in [0.25, 0.3) is 0 Å². The fourth-order valence-corrected chi connectivity index (χ4v) is 2.38. The van der Waals surface area contributed by atoms with E-state index in [0.717, 1.165) is 19.3 Å². The molecule has 0 saturated carbocycles. The Balaban J connectivity index is 0.00000191. The molecule has 1 aromatic rings. The zero-order valence-corrected chi connectivity index (χ0v) is 14.8. The van der Waals surface area contributed by atoms with Crippen LogP contribution in [-0.4, -0.2) is 5.78 Å². The lowest BCUT2D eigenvalue weighted by molar-refractivity contribution is -0.114. The van der Waals surface area contributed by atoms with Crippen molar-refractivity contribution in [1.29, 1.82) is 0 Å². The van der Waals surface area contributed by atoms with Crippen molar-refractivity contribution in [2.75, 3.05) is 0 Å². The van der Waals surface area contributed by atoms with E-state index in [1.165, 1.54) is 28.7 Å². The normalized spacial score (nSPS) is 10.9. The number of hydrogen-bond acceptors (Lipinski definition) is 1. The summed E-state index contributed by atoms with van der Waals surface area (Å²) in [5.41, 5.74) is 5.20. The lowest BCUT2D eigenvalue weighted by atomic mass is 9.96. The van der Waals surface area contributed by atoms with E-state index in [4.69, 9.17) is 0 Å². The molecule has 1 rings (SSSR count). The van der Waals surface area contributed by atoms with Gasteiger partial charge in [0.1, 0.15) is 0 Å². The second-order valence-electron chi connectivity index (χ2n) is 5.40. The predicted octanol–water partition coefficient (Wildman–Crippen LogP) is 5.97. The topological polar surface area (TPSA) is 17.1 Å². The van der Waals surface area contributed by atoms with Gasteiger partial charge in [-0.05, 0) is 44.7 Å². The van der Waals surface area contributed by atoms with E-state index in [1.54, 1.807) is 0 Å². The van der Waals surface area contributed by atoms with E-state index in [0.29, 0.717) is 6.42 Å². The summed E-state index contributed by atoms with van der Waals surface area (Å²) in [4.78, 5) is 11.6.